The largest absolute Gasteiger partial charge is 0.478 e. The van der Waals surface area contributed by atoms with Crippen molar-refractivity contribution in [2.75, 3.05) is 0 Å². The summed E-state index contributed by atoms with van der Waals surface area (Å²) in [6.45, 7) is 18.9. The molecule has 0 aromatic rings. The Morgan fingerprint density at radius 1 is 0.958 bits per heavy atom. The maximum Gasteiger partial charge on any atom is 0.337 e. The molecule has 0 amide bonds. The van der Waals surface area contributed by atoms with Crippen LogP contribution >= 0.6 is 0 Å². The molecule has 24 heavy (non-hydrogen) atoms. The number of carboxylic acids is 1. The lowest BCUT2D eigenvalue weighted by Crippen LogP contribution is -2.02. The average molecular weight is 336 g/mol. The van der Waals surface area contributed by atoms with Crippen LogP contribution in [0.15, 0.2) is 48.3 Å². The minimum Gasteiger partial charge on any atom is -0.478 e. The molecule has 0 aromatic carbocycles. The third-order valence-corrected chi connectivity index (χ3v) is 2.37. The molecule has 136 valence electrons. The van der Waals surface area contributed by atoms with Gasteiger partial charge in [-0.1, -0.05) is 66.3 Å². The molecule has 0 saturated carbocycles. The topological polar surface area (TPSA) is 63.6 Å². The van der Waals surface area contributed by atoms with Gasteiger partial charge in [0.15, 0.2) is 0 Å². The number of ether oxygens (including phenoxy) is 1. The minimum absolute atomic E-state index is 0.0371. The Labute approximate surface area is 146 Å². The molecule has 0 radical (unpaired) electrons. The Morgan fingerprint density at radius 3 is 1.75 bits per heavy atom. The van der Waals surface area contributed by atoms with Gasteiger partial charge in [-0.3, -0.25) is 0 Å². The van der Waals surface area contributed by atoms with Gasteiger partial charge in [-0.2, -0.15) is 0 Å². The van der Waals surface area contributed by atoms with Crippen molar-refractivity contribution in [2.45, 2.75) is 55.4 Å². The maximum atomic E-state index is 10.9. The van der Waals surface area contributed by atoms with Gasteiger partial charge < -0.3 is 9.84 Å². The first-order valence-corrected chi connectivity index (χ1v) is 7.79. The van der Waals surface area contributed by atoms with E-state index in [1.165, 1.54) is 6.26 Å². The van der Waals surface area contributed by atoms with Crippen LogP contribution in [0.1, 0.15) is 55.4 Å². The standard InChI is InChI=1S/2C10H16O2/c1-8(2)9(11)12-7-6-10(3,4)5;1-8(9(11)12)6-5-7-10(2,3)4/h6-7H,1H2,2-5H3;5-7H,1-4H3,(H,11,12). The molecular formula is C20H32O4. The van der Waals surface area contributed by atoms with Crippen molar-refractivity contribution >= 4 is 11.9 Å². The second kappa shape index (κ2) is 10.6. The predicted octanol–water partition coefficient (Wildman–Crippen LogP) is 5.29. The van der Waals surface area contributed by atoms with Crippen LogP contribution < -0.4 is 0 Å². The van der Waals surface area contributed by atoms with Gasteiger partial charge in [-0.05, 0) is 30.8 Å². The van der Waals surface area contributed by atoms with Crippen molar-refractivity contribution in [1.82, 2.24) is 0 Å². The molecule has 0 spiro atoms. The van der Waals surface area contributed by atoms with Gasteiger partial charge in [-0.15, -0.1) is 0 Å². The van der Waals surface area contributed by atoms with Gasteiger partial charge in [-0.25, -0.2) is 9.59 Å². The Bertz CT molecular complexity index is 521. The van der Waals surface area contributed by atoms with Gasteiger partial charge in [0, 0.05) is 11.1 Å². The van der Waals surface area contributed by atoms with Crippen LogP contribution in [0.5, 0.6) is 0 Å². The smallest absolute Gasteiger partial charge is 0.337 e. The van der Waals surface area contributed by atoms with E-state index >= 15 is 0 Å². The van der Waals surface area contributed by atoms with Crippen LogP contribution in [0.25, 0.3) is 0 Å². The van der Waals surface area contributed by atoms with Crippen molar-refractivity contribution in [3.8, 4) is 0 Å². The lowest BCUT2D eigenvalue weighted by Gasteiger charge is -2.10. The van der Waals surface area contributed by atoms with Crippen molar-refractivity contribution in [2.24, 2.45) is 10.8 Å². The van der Waals surface area contributed by atoms with E-state index in [4.69, 9.17) is 9.84 Å². The summed E-state index contributed by atoms with van der Waals surface area (Å²) in [5, 5.41) is 8.51. The highest BCUT2D eigenvalue weighted by atomic mass is 16.5. The van der Waals surface area contributed by atoms with Crippen LogP contribution in [0.2, 0.25) is 0 Å². The lowest BCUT2D eigenvalue weighted by molar-refractivity contribution is -0.134. The fraction of sp³-hybridized carbons (Fsp3) is 0.500. The molecule has 0 rings (SSSR count). The third kappa shape index (κ3) is 18.0. The third-order valence-electron chi connectivity index (χ3n) is 2.37. The molecule has 4 heteroatoms. The molecule has 0 saturated heterocycles. The summed E-state index contributed by atoms with van der Waals surface area (Å²) in [7, 11) is 0. The van der Waals surface area contributed by atoms with E-state index in [9.17, 15) is 9.59 Å². The Hall–Kier alpha value is -2.10. The monoisotopic (exact) mass is 336 g/mol. The molecule has 0 aromatic heterocycles. The maximum absolute atomic E-state index is 10.9. The van der Waals surface area contributed by atoms with Crippen LogP contribution in [-0.2, 0) is 14.3 Å². The number of hydrogen-bond donors (Lipinski definition) is 1. The highest BCUT2D eigenvalue weighted by Gasteiger charge is 2.05. The highest BCUT2D eigenvalue weighted by molar-refractivity contribution is 5.87. The van der Waals surface area contributed by atoms with Crippen LogP contribution in [0.4, 0.5) is 0 Å². The normalized spacial score (nSPS) is 12.8. The van der Waals surface area contributed by atoms with E-state index in [1.54, 1.807) is 26.0 Å². The number of carbonyl (C=O) groups excluding carboxylic acids is 1. The molecule has 4 nitrogen and oxygen atoms in total. The Balaban J connectivity index is 0. The fourth-order valence-electron chi connectivity index (χ4n) is 0.953. The quantitative estimate of drug-likeness (QED) is 0.328. The van der Waals surface area contributed by atoms with Crippen molar-refractivity contribution < 1.29 is 19.4 Å². The number of rotatable bonds is 4. The summed E-state index contributed by atoms with van der Waals surface area (Å²) in [4.78, 5) is 21.2. The summed E-state index contributed by atoms with van der Waals surface area (Å²) in [6, 6.07) is 0. The molecular weight excluding hydrogens is 304 g/mol. The summed E-state index contributed by atoms with van der Waals surface area (Å²) < 4.78 is 4.76. The second-order valence-electron chi connectivity index (χ2n) is 7.73. The van der Waals surface area contributed by atoms with Crippen LogP contribution in [0.3, 0.4) is 0 Å². The lowest BCUT2D eigenvalue weighted by atomic mass is 9.96. The van der Waals surface area contributed by atoms with E-state index in [1.807, 2.05) is 32.9 Å². The number of aliphatic carboxylic acids is 1. The van der Waals surface area contributed by atoms with Crippen LogP contribution in [-0.4, -0.2) is 17.0 Å². The zero-order valence-electron chi connectivity index (χ0n) is 16.3. The molecule has 0 heterocycles. The predicted molar refractivity (Wildman–Crippen MR) is 99.5 cm³/mol. The van der Waals surface area contributed by atoms with E-state index in [0.717, 1.165) is 0 Å². The molecule has 0 fully saturated rings. The number of carbonyl (C=O) groups is 2. The first-order chi connectivity index (χ1) is 10.7. The zero-order chi connectivity index (χ0) is 19.6. The molecule has 0 unspecified atom stereocenters. The molecule has 0 aliphatic rings. The van der Waals surface area contributed by atoms with E-state index in [-0.39, 0.29) is 16.8 Å². The summed E-state index contributed by atoms with van der Waals surface area (Å²) in [5.74, 6) is -1.25. The molecule has 0 bridgehead atoms. The molecule has 0 atom stereocenters. The van der Waals surface area contributed by atoms with Gasteiger partial charge in [0.2, 0.25) is 0 Å². The van der Waals surface area contributed by atoms with Gasteiger partial charge in [0.05, 0.1) is 6.26 Å². The molecule has 1 N–H and O–H groups in total. The van der Waals surface area contributed by atoms with Crippen LogP contribution in [0, 0.1) is 10.8 Å². The fourth-order valence-corrected chi connectivity index (χ4v) is 0.953. The average Bonchev–Trinajstić information content (AvgIpc) is 2.35. The van der Waals surface area contributed by atoms with Gasteiger partial charge in [0.1, 0.15) is 0 Å². The second-order valence-corrected chi connectivity index (χ2v) is 7.73. The molecule has 0 aliphatic heterocycles. The van der Waals surface area contributed by atoms with E-state index in [2.05, 4.69) is 27.4 Å². The first-order valence-electron chi connectivity index (χ1n) is 7.79. The van der Waals surface area contributed by atoms with Gasteiger partial charge >= 0.3 is 11.9 Å². The number of hydrogen-bond acceptors (Lipinski definition) is 3. The SMILES string of the molecule is C=C(C)C(=O)OC=CC(C)(C)C.CC(=CC=CC(C)(C)C)C(=O)O. The number of carboxylic acid groups (broad SMARTS) is 1. The molecule has 0 aliphatic carbocycles. The van der Waals surface area contributed by atoms with Crippen molar-refractivity contribution in [3.05, 3.63) is 48.3 Å². The summed E-state index contributed by atoms with van der Waals surface area (Å²) in [5.41, 5.74) is 0.911. The number of esters is 1. The minimum atomic E-state index is -0.867. The number of allylic oxidation sites excluding steroid dienone is 4. The van der Waals surface area contributed by atoms with E-state index in [0.29, 0.717) is 11.1 Å². The summed E-state index contributed by atoms with van der Waals surface area (Å²) in [6.07, 6.45) is 8.60. The zero-order valence-corrected chi connectivity index (χ0v) is 16.3. The Morgan fingerprint density at radius 2 is 1.42 bits per heavy atom. The van der Waals surface area contributed by atoms with Gasteiger partial charge in [0.25, 0.3) is 0 Å². The van der Waals surface area contributed by atoms with E-state index < -0.39 is 5.97 Å². The highest BCUT2D eigenvalue weighted by Crippen LogP contribution is 2.15. The van der Waals surface area contributed by atoms with Crippen molar-refractivity contribution in [3.63, 3.8) is 0 Å². The Kier molecular flexibility index (Phi) is 10.7. The van der Waals surface area contributed by atoms with Crippen molar-refractivity contribution in [1.29, 1.82) is 0 Å². The summed E-state index contributed by atoms with van der Waals surface area (Å²) >= 11 is 0. The first kappa shape index (κ1) is 24.2.